The summed E-state index contributed by atoms with van der Waals surface area (Å²) < 4.78 is 0. The van der Waals surface area contributed by atoms with Gasteiger partial charge in [-0.1, -0.05) is 41.0 Å². The molecule has 0 saturated heterocycles. The average Bonchev–Trinajstić information content (AvgIpc) is 2.38. The Morgan fingerprint density at radius 2 is 1.94 bits per heavy atom. The van der Waals surface area contributed by atoms with Crippen molar-refractivity contribution in [3.05, 3.63) is 0 Å². The van der Waals surface area contributed by atoms with Gasteiger partial charge in [-0.15, -0.1) is 0 Å². The summed E-state index contributed by atoms with van der Waals surface area (Å²) in [5, 5.41) is 1.59. The van der Waals surface area contributed by atoms with Gasteiger partial charge in [-0.2, -0.15) is 11.8 Å². The van der Waals surface area contributed by atoms with Gasteiger partial charge in [-0.05, 0) is 49.5 Å². The molecule has 1 aliphatic carbocycles. The predicted molar refractivity (Wildman–Crippen MR) is 85.1 cm³/mol. The van der Waals surface area contributed by atoms with Crippen LogP contribution in [0.15, 0.2) is 0 Å². The number of hydrogen-bond donors (Lipinski definition) is 1. The van der Waals surface area contributed by atoms with Crippen molar-refractivity contribution in [2.24, 2.45) is 23.0 Å². The van der Waals surface area contributed by atoms with Crippen LogP contribution >= 0.6 is 11.8 Å². The van der Waals surface area contributed by atoms with E-state index in [1.807, 2.05) is 0 Å². The molecule has 0 bridgehead atoms. The number of thioether (sulfide) groups is 1. The summed E-state index contributed by atoms with van der Waals surface area (Å²) in [5.41, 5.74) is 6.49. The molecule has 1 rings (SSSR count). The predicted octanol–water partition coefficient (Wildman–Crippen LogP) is 4.70. The summed E-state index contributed by atoms with van der Waals surface area (Å²) in [4.78, 5) is 0. The fourth-order valence-corrected chi connectivity index (χ4v) is 4.62. The molecule has 0 amide bonds. The van der Waals surface area contributed by atoms with Gasteiger partial charge in [0.05, 0.1) is 0 Å². The summed E-state index contributed by atoms with van der Waals surface area (Å²) in [6, 6.07) is 0. The highest BCUT2D eigenvalue weighted by Gasteiger charge is 2.37. The Kier molecular flexibility index (Phi) is 6.54. The van der Waals surface area contributed by atoms with Gasteiger partial charge < -0.3 is 5.73 Å². The summed E-state index contributed by atoms with van der Waals surface area (Å²) >= 11 is 2.20. The van der Waals surface area contributed by atoms with Crippen molar-refractivity contribution in [1.29, 1.82) is 0 Å². The summed E-state index contributed by atoms with van der Waals surface area (Å²) in [6.07, 6.45) is 6.70. The smallest absolute Gasteiger partial charge is 0.00928 e. The lowest BCUT2D eigenvalue weighted by molar-refractivity contribution is 0.134. The maximum atomic E-state index is 5.98. The van der Waals surface area contributed by atoms with Gasteiger partial charge in [-0.3, -0.25) is 0 Å². The highest BCUT2D eigenvalue weighted by Crippen LogP contribution is 2.46. The van der Waals surface area contributed by atoms with Crippen molar-refractivity contribution in [3.8, 4) is 0 Å². The first kappa shape index (κ1) is 16.4. The quantitative estimate of drug-likeness (QED) is 0.758. The summed E-state index contributed by atoms with van der Waals surface area (Å²) in [5.74, 6) is 1.65. The molecule has 4 atom stereocenters. The Bertz CT molecular complexity index is 239. The van der Waals surface area contributed by atoms with E-state index in [1.54, 1.807) is 0 Å². The monoisotopic (exact) mass is 271 g/mol. The van der Waals surface area contributed by atoms with Crippen molar-refractivity contribution in [2.75, 3.05) is 6.54 Å². The van der Waals surface area contributed by atoms with E-state index in [2.05, 4.69) is 46.4 Å². The zero-order chi connectivity index (χ0) is 13.8. The van der Waals surface area contributed by atoms with Crippen LogP contribution in [0.5, 0.6) is 0 Å². The maximum absolute atomic E-state index is 5.98. The Hall–Kier alpha value is 0.310. The van der Waals surface area contributed by atoms with E-state index in [0.29, 0.717) is 5.41 Å². The van der Waals surface area contributed by atoms with Gasteiger partial charge in [0.1, 0.15) is 0 Å². The van der Waals surface area contributed by atoms with Crippen LogP contribution in [0.25, 0.3) is 0 Å². The first-order chi connectivity index (χ1) is 8.44. The highest BCUT2D eigenvalue weighted by atomic mass is 32.2. The molecule has 0 aromatic heterocycles. The third-order valence-corrected chi connectivity index (χ3v) is 6.95. The lowest BCUT2D eigenvalue weighted by Crippen LogP contribution is -2.38. The minimum absolute atomic E-state index is 0.508. The lowest BCUT2D eigenvalue weighted by atomic mass is 9.67. The van der Waals surface area contributed by atoms with Gasteiger partial charge >= 0.3 is 0 Å². The van der Waals surface area contributed by atoms with Gasteiger partial charge in [-0.25, -0.2) is 0 Å². The molecule has 18 heavy (non-hydrogen) atoms. The fraction of sp³-hybridized carbons (Fsp3) is 1.00. The second-order valence-electron chi connectivity index (χ2n) is 6.74. The SMILES string of the molecule is CCC(C)SC1CC(C(C)(C)CC)CCC1CN. The zero-order valence-electron chi connectivity index (χ0n) is 13.0. The third-order valence-electron chi connectivity index (χ3n) is 5.23. The average molecular weight is 272 g/mol. The van der Waals surface area contributed by atoms with Crippen molar-refractivity contribution in [3.63, 3.8) is 0 Å². The first-order valence-electron chi connectivity index (χ1n) is 7.80. The van der Waals surface area contributed by atoms with Crippen LogP contribution in [-0.4, -0.2) is 17.0 Å². The number of nitrogens with two attached hydrogens (primary N) is 1. The largest absolute Gasteiger partial charge is 0.330 e. The van der Waals surface area contributed by atoms with E-state index in [1.165, 1.54) is 32.1 Å². The molecule has 2 heteroatoms. The maximum Gasteiger partial charge on any atom is 0.00928 e. The van der Waals surface area contributed by atoms with Gasteiger partial charge in [0.2, 0.25) is 0 Å². The zero-order valence-corrected chi connectivity index (χ0v) is 13.9. The van der Waals surface area contributed by atoms with E-state index < -0.39 is 0 Å². The molecule has 0 aliphatic heterocycles. The molecular weight excluding hydrogens is 238 g/mol. The fourth-order valence-electron chi connectivity index (χ4n) is 3.02. The molecule has 1 nitrogen and oxygen atoms in total. The van der Waals surface area contributed by atoms with E-state index in [9.17, 15) is 0 Å². The molecule has 0 aromatic carbocycles. The Balaban J connectivity index is 2.65. The summed E-state index contributed by atoms with van der Waals surface area (Å²) in [6.45, 7) is 12.8. The minimum Gasteiger partial charge on any atom is -0.330 e. The standard InChI is InChI=1S/C16H33NS/c1-6-12(3)18-15-10-14(16(4,5)7-2)9-8-13(15)11-17/h12-15H,6-11,17H2,1-5H3. The van der Waals surface area contributed by atoms with Crippen LogP contribution in [-0.2, 0) is 0 Å². The van der Waals surface area contributed by atoms with E-state index >= 15 is 0 Å². The molecule has 4 unspecified atom stereocenters. The van der Waals surface area contributed by atoms with E-state index in [0.717, 1.165) is 28.9 Å². The van der Waals surface area contributed by atoms with E-state index in [-0.39, 0.29) is 0 Å². The van der Waals surface area contributed by atoms with Crippen LogP contribution in [0.1, 0.15) is 66.7 Å². The molecule has 1 aliphatic rings. The molecule has 0 aromatic rings. The second kappa shape index (κ2) is 7.19. The van der Waals surface area contributed by atoms with E-state index in [4.69, 9.17) is 5.73 Å². The molecule has 1 saturated carbocycles. The van der Waals surface area contributed by atoms with Crippen molar-refractivity contribution in [1.82, 2.24) is 0 Å². The molecule has 0 heterocycles. The van der Waals surface area contributed by atoms with Gasteiger partial charge in [0, 0.05) is 10.5 Å². The van der Waals surface area contributed by atoms with Crippen LogP contribution in [0, 0.1) is 17.3 Å². The minimum atomic E-state index is 0.508. The molecule has 0 spiro atoms. The van der Waals surface area contributed by atoms with Gasteiger partial charge in [0.25, 0.3) is 0 Å². The molecule has 2 N–H and O–H groups in total. The third kappa shape index (κ3) is 4.16. The molecular formula is C16H33NS. The molecule has 108 valence electrons. The van der Waals surface area contributed by atoms with Crippen LogP contribution in [0.3, 0.4) is 0 Å². The second-order valence-corrected chi connectivity index (χ2v) is 8.42. The normalized spacial score (nSPS) is 31.3. The molecule has 0 radical (unpaired) electrons. The van der Waals surface area contributed by atoms with Crippen molar-refractivity contribution < 1.29 is 0 Å². The van der Waals surface area contributed by atoms with Crippen molar-refractivity contribution >= 4 is 11.8 Å². The van der Waals surface area contributed by atoms with Crippen LogP contribution in [0.2, 0.25) is 0 Å². The number of hydrogen-bond acceptors (Lipinski definition) is 2. The molecule has 1 fully saturated rings. The topological polar surface area (TPSA) is 26.0 Å². The Morgan fingerprint density at radius 3 is 2.44 bits per heavy atom. The van der Waals surface area contributed by atoms with Crippen LogP contribution in [0.4, 0.5) is 0 Å². The Morgan fingerprint density at radius 1 is 1.28 bits per heavy atom. The van der Waals surface area contributed by atoms with Crippen molar-refractivity contribution in [2.45, 2.75) is 77.2 Å². The number of rotatable bonds is 6. The Labute approximate surface area is 119 Å². The van der Waals surface area contributed by atoms with Crippen LogP contribution < -0.4 is 5.73 Å². The highest BCUT2D eigenvalue weighted by molar-refractivity contribution is 8.00. The first-order valence-corrected chi connectivity index (χ1v) is 8.74. The van der Waals surface area contributed by atoms with Gasteiger partial charge in [0.15, 0.2) is 0 Å². The summed E-state index contributed by atoms with van der Waals surface area (Å²) in [7, 11) is 0. The lowest BCUT2D eigenvalue weighted by Gasteiger charge is -2.43.